The minimum absolute atomic E-state index is 0.275. The summed E-state index contributed by atoms with van der Waals surface area (Å²) in [6, 6.07) is 0.275. The molecule has 2 rings (SSSR count). The maximum Gasteiger partial charge on any atom is 0.195 e. The van der Waals surface area contributed by atoms with E-state index in [4.69, 9.17) is 12.2 Å². The number of aromatic nitrogens is 5. The molecule has 0 saturated heterocycles. The van der Waals surface area contributed by atoms with Crippen LogP contribution in [0.5, 0.6) is 0 Å². The van der Waals surface area contributed by atoms with E-state index in [9.17, 15) is 0 Å². The van der Waals surface area contributed by atoms with Gasteiger partial charge in [-0.2, -0.15) is 5.10 Å². The van der Waals surface area contributed by atoms with E-state index in [0.717, 1.165) is 25.2 Å². The molecule has 0 aliphatic rings. The van der Waals surface area contributed by atoms with Crippen LogP contribution in [0.3, 0.4) is 0 Å². The zero-order valence-corrected chi connectivity index (χ0v) is 10.9. The second-order valence-electron chi connectivity index (χ2n) is 4.17. The normalized spacial score (nSPS) is 12.8. The summed E-state index contributed by atoms with van der Waals surface area (Å²) in [4.78, 5) is 4.04. The van der Waals surface area contributed by atoms with Gasteiger partial charge in [0.2, 0.25) is 0 Å². The Hall–Kier alpha value is -1.43. The number of H-pyrrole nitrogens is 1. The topological polar surface area (TPSA) is 51.4 Å². The molecule has 5 nitrogen and oxygen atoms in total. The Kier molecular flexibility index (Phi) is 3.73. The fourth-order valence-electron chi connectivity index (χ4n) is 1.97. The van der Waals surface area contributed by atoms with E-state index >= 15 is 0 Å². The Morgan fingerprint density at radius 3 is 3.00 bits per heavy atom. The van der Waals surface area contributed by atoms with Gasteiger partial charge in [-0.15, -0.1) is 0 Å². The van der Waals surface area contributed by atoms with Crippen molar-refractivity contribution in [2.45, 2.75) is 39.3 Å². The summed E-state index contributed by atoms with van der Waals surface area (Å²) < 4.78 is 4.84. The largest absolute Gasteiger partial charge is 0.335 e. The third kappa shape index (κ3) is 2.63. The van der Waals surface area contributed by atoms with Gasteiger partial charge in [0.15, 0.2) is 4.77 Å². The zero-order valence-electron chi connectivity index (χ0n) is 10.1. The van der Waals surface area contributed by atoms with Gasteiger partial charge in [-0.25, -0.2) is 4.98 Å². The molecule has 0 amide bonds. The van der Waals surface area contributed by atoms with Crippen LogP contribution in [-0.4, -0.2) is 24.3 Å². The molecule has 17 heavy (non-hydrogen) atoms. The van der Waals surface area contributed by atoms with Crippen molar-refractivity contribution in [3.05, 3.63) is 29.3 Å². The third-order valence-corrected chi connectivity index (χ3v) is 3.01. The van der Waals surface area contributed by atoms with Gasteiger partial charge in [0.1, 0.15) is 5.82 Å². The highest BCUT2D eigenvalue weighted by Crippen LogP contribution is 2.13. The predicted molar refractivity (Wildman–Crippen MR) is 68.3 cm³/mol. The van der Waals surface area contributed by atoms with Gasteiger partial charge < -0.3 is 4.57 Å². The van der Waals surface area contributed by atoms with E-state index in [1.165, 1.54) is 0 Å². The van der Waals surface area contributed by atoms with Gasteiger partial charge in [-0.3, -0.25) is 9.67 Å². The maximum atomic E-state index is 5.28. The summed E-state index contributed by atoms with van der Waals surface area (Å²) in [5, 5.41) is 7.15. The Morgan fingerprint density at radius 2 is 2.35 bits per heavy atom. The van der Waals surface area contributed by atoms with Gasteiger partial charge in [-0.1, -0.05) is 6.92 Å². The quantitative estimate of drug-likeness (QED) is 0.830. The summed E-state index contributed by atoms with van der Waals surface area (Å²) in [6.45, 7) is 5.14. The highest BCUT2D eigenvalue weighted by Gasteiger charge is 2.12. The van der Waals surface area contributed by atoms with Crippen molar-refractivity contribution in [3.63, 3.8) is 0 Å². The van der Waals surface area contributed by atoms with Gasteiger partial charge in [0.05, 0.1) is 12.4 Å². The smallest absolute Gasteiger partial charge is 0.195 e. The molecule has 2 aromatic rings. The lowest BCUT2D eigenvalue weighted by Gasteiger charge is -2.15. The molecule has 0 aliphatic carbocycles. The SMILES string of the molecule is CCCc1n[nH]c(=S)n1C(C)Cn1ccnc1. The molecule has 1 atom stereocenters. The molecule has 0 radical (unpaired) electrons. The molecule has 0 bridgehead atoms. The molecule has 1 unspecified atom stereocenters. The van der Waals surface area contributed by atoms with E-state index in [-0.39, 0.29) is 6.04 Å². The third-order valence-electron chi connectivity index (χ3n) is 2.73. The van der Waals surface area contributed by atoms with Gasteiger partial charge >= 0.3 is 0 Å². The van der Waals surface area contributed by atoms with Crippen molar-refractivity contribution < 1.29 is 0 Å². The Labute approximate surface area is 106 Å². The maximum absolute atomic E-state index is 5.28. The van der Waals surface area contributed by atoms with Crippen LogP contribution in [-0.2, 0) is 13.0 Å². The first-order valence-electron chi connectivity index (χ1n) is 5.84. The van der Waals surface area contributed by atoms with Crippen molar-refractivity contribution in [1.29, 1.82) is 0 Å². The lowest BCUT2D eigenvalue weighted by atomic mass is 10.2. The molecule has 0 spiro atoms. The van der Waals surface area contributed by atoms with Crippen molar-refractivity contribution in [2.24, 2.45) is 0 Å². The highest BCUT2D eigenvalue weighted by atomic mass is 32.1. The summed E-state index contributed by atoms with van der Waals surface area (Å²) in [7, 11) is 0. The molecule has 2 heterocycles. The second-order valence-corrected chi connectivity index (χ2v) is 4.56. The summed E-state index contributed by atoms with van der Waals surface area (Å²) in [5.41, 5.74) is 0. The molecular formula is C11H17N5S. The van der Waals surface area contributed by atoms with Gasteiger partial charge in [0.25, 0.3) is 0 Å². The fourth-order valence-corrected chi connectivity index (χ4v) is 2.30. The lowest BCUT2D eigenvalue weighted by Crippen LogP contribution is -2.15. The second kappa shape index (κ2) is 5.27. The van der Waals surface area contributed by atoms with Crippen molar-refractivity contribution in [2.75, 3.05) is 0 Å². The van der Waals surface area contributed by atoms with E-state index in [1.807, 2.05) is 12.5 Å². The van der Waals surface area contributed by atoms with Crippen LogP contribution in [0.25, 0.3) is 0 Å². The van der Waals surface area contributed by atoms with E-state index in [2.05, 4.69) is 38.2 Å². The molecule has 6 heteroatoms. The average Bonchev–Trinajstić information content (AvgIpc) is 2.89. The lowest BCUT2D eigenvalue weighted by molar-refractivity contribution is 0.444. The average molecular weight is 251 g/mol. The number of aromatic amines is 1. The van der Waals surface area contributed by atoms with Crippen LogP contribution in [0.4, 0.5) is 0 Å². The monoisotopic (exact) mass is 251 g/mol. The van der Waals surface area contributed by atoms with Gasteiger partial charge in [-0.05, 0) is 25.6 Å². The van der Waals surface area contributed by atoms with Crippen molar-refractivity contribution in [1.82, 2.24) is 24.3 Å². The summed E-state index contributed by atoms with van der Waals surface area (Å²) >= 11 is 5.28. The minimum Gasteiger partial charge on any atom is -0.335 e. The molecule has 2 aromatic heterocycles. The number of hydrogen-bond donors (Lipinski definition) is 1. The fraction of sp³-hybridized carbons (Fsp3) is 0.545. The van der Waals surface area contributed by atoms with E-state index in [1.54, 1.807) is 6.20 Å². The molecule has 0 saturated carbocycles. The standard InChI is InChI=1S/C11H17N5S/c1-3-4-10-13-14-11(17)16(10)9(2)7-15-6-5-12-8-15/h5-6,8-9H,3-4,7H2,1-2H3,(H,14,17). The molecule has 0 aromatic carbocycles. The summed E-state index contributed by atoms with van der Waals surface area (Å²) in [5.74, 6) is 1.03. The van der Waals surface area contributed by atoms with Crippen LogP contribution < -0.4 is 0 Å². The summed E-state index contributed by atoms with van der Waals surface area (Å²) in [6.07, 6.45) is 7.58. The van der Waals surface area contributed by atoms with Crippen LogP contribution >= 0.6 is 12.2 Å². The Bertz CT molecular complexity index is 510. The Balaban J connectivity index is 2.20. The number of hydrogen-bond acceptors (Lipinski definition) is 3. The van der Waals surface area contributed by atoms with Crippen LogP contribution in [0.15, 0.2) is 18.7 Å². The molecule has 1 N–H and O–H groups in total. The zero-order chi connectivity index (χ0) is 12.3. The minimum atomic E-state index is 0.275. The Morgan fingerprint density at radius 1 is 1.53 bits per heavy atom. The predicted octanol–water partition coefficient (Wildman–Crippen LogP) is 2.35. The molecule has 0 aliphatic heterocycles. The first kappa shape index (κ1) is 12.0. The van der Waals surface area contributed by atoms with Crippen LogP contribution in [0.2, 0.25) is 0 Å². The van der Waals surface area contributed by atoms with Crippen molar-refractivity contribution >= 4 is 12.2 Å². The number of aryl methyl sites for hydroxylation is 1. The molecular weight excluding hydrogens is 234 g/mol. The molecule has 92 valence electrons. The van der Waals surface area contributed by atoms with Crippen LogP contribution in [0, 0.1) is 4.77 Å². The first-order valence-corrected chi connectivity index (χ1v) is 6.24. The number of nitrogens with one attached hydrogen (secondary N) is 1. The van der Waals surface area contributed by atoms with E-state index < -0.39 is 0 Å². The number of imidazole rings is 1. The van der Waals surface area contributed by atoms with E-state index in [0.29, 0.717) is 4.77 Å². The van der Waals surface area contributed by atoms with Crippen LogP contribution in [0.1, 0.15) is 32.1 Å². The first-order chi connectivity index (χ1) is 8.22. The molecule has 0 fully saturated rings. The number of nitrogens with zero attached hydrogens (tertiary/aromatic N) is 4. The number of rotatable bonds is 5. The highest BCUT2D eigenvalue weighted by molar-refractivity contribution is 7.71. The van der Waals surface area contributed by atoms with Crippen molar-refractivity contribution in [3.8, 4) is 0 Å². The van der Waals surface area contributed by atoms with Gasteiger partial charge in [0, 0.05) is 25.4 Å².